The number of aromatic nitrogens is 2. The second-order valence-corrected chi connectivity index (χ2v) is 5.56. The van der Waals surface area contributed by atoms with Gasteiger partial charge in [0.2, 0.25) is 0 Å². The van der Waals surface area contributed by atoms with Crippen LogP contribution in [0.5, 0.6) is 0 Å². The molecule has 22 heavy (non-hydrogen) atoms. The number of hydrogen-bond donors (Lipinski definition) is 0. The first kappa shape index (κ1) is 14.7. The maximum absolute atomic E-state index is 12.8. The van der Waals surface area contributed by atoms with Crippen molar-refractivity contribution in [2.75, 3.05) is 6.61 Å². The van der Waals surface area contributed by atoms with Crippen LogP contribution in [0.4, 0.5) is 0 Å². The van der Waals surface area contributed by atoms with Crippen molar-refractivity contribution in [3.63, 3.8) is 0 Å². The predicted molar refractivity (Wildman–Crippen MR) is 82.3 cm³/mol. The monoisotopic (exact) mass is 297 g/mol. The lowest BCUT2D eigenvalue weighted by Gasteiger charge is -2.43. The largest absolute Gasteiger partial charge is 0.369 e. The number of amides is 1. The average Bonchev–Trinajstić information content (AvgIpc) is 2.56. The van der Waals surface area contributed by atoms with Gasteiger partial charge in [-0.15, -0.1) is 0 Å². The van der Waals surface area contributed by atoms with Gasteiger partial charge in [-0.1, -0.05) is 30.3 Å². The lowest BCUT2D eigenvalue weighted by molar-refractivity contribution is -0.0808. The molecule has 2 heterocycles. The zero-order chi connectivity index (χ0) is 15.5. The Bertz CT molecular complexity index is 633. The van der Waals surface area contributed by atoms with Crippen molar-refractivity contribution < 1.29 is 9.53 Å². The SMILES string of the molecule is C[C@@H]1CO[C@H](c2ccccc2)[C@@H](C)N1C(=O)c1cnccn1. The smallest absolute Gasteiger partial charge is 0.274 e. The van der Waals surface area contributed by atoms with Crippen LogP contribution in [-0.4, -0.2) is 39.5 Å². The first-order chi connectivity index (χ1) is 10.7. The third-order valence-corrected chi connectivity index (χ3v) is 4.01. The van der Waals surface area contributed by atoms with E-state index >= 15 is 0 Å². The summed E-state index contributed by atoms with van der Waals surface area (Å²) in [5, 5.41) is 0. The van der Waals surface area contributed by atoms with Gasteiger partial charge in [0, 0.05) is 12.4 Å². The van der Waals surface area contributed by atoms with E-state index in [1.54, 1.807) is 6.20 Å². The summed E-state index contributed by atoms with van der Waals surface area (Å²) in [7, 11) is 0. The Morgan fingerprint density at radius 1 is 1.23 bits per heavy atom. The van der Waals surface area contributed by atoms with Gasteiger partial charge in [0.05, 0.1) is 24.9 Å². The number of hydrogen-bond acceptors (Lipinski definition) is 4. The summed E-state index contributed by atoms with van der Waals surface area (Å²) in [6.45, 7) is 4.52. The minimum atomic E-state index is -0.127. The van der Waals surface area contributed by atoms with Gasteiger partial charge < -0.3 is 9.64 Å². The number of nitrogens with zero attached hydrogens (tertiary/aromatic N) is 3. The van der Waals surface area contributed by atoms with Crippen LogP contribution in [0.3, 0.4) is 0 Å². The summed E-state index contributed by atoms with van der Waals surface area (Å²) in [6.07, 6.45) is 4.49. The van der Waals surface area contributed by atoms with E-state index < -0.39 is 0 Å². The number of rotatable bonds is 2. The minimum Gasteiger partial charge on any atom is -0.369 e. The molecule has 1 amide bonds. The van der Waals surface area contributed by atoms with Crippen LogP contribution in [0, 0.1) is 0 Å². The fraction of sp³-hybridized carbons (Fsp3) is 0.353. The molecule has 2 aromatic rings. The van der Waals surface area contributed by atoms with Crippen LogP contribution in [0.25, 0.3) is 0 Å². The topological polar surface area (TPSA) is 55.3 Å². The van der Waals surface area contributed by atoms with E-state index in [1.807, 2.05) is 49.1 Å². The molecule has 1 aromatic carbocycles. The van der Waals surface area contributed by atoms with Crippen molar-refractivity contribution in [2.45, 2.75) is 32.0 Å². The van der Waals surface area contributed by atoms with Crippen molar-refractivity contribution in [1.82, 2.24) is 14.9 Å². The molecule has 0 saturated carbocycles. The molecule has 1 aromatic heterocycles. The first-order valence-electron chi connectivity index (χ1n) is 7.43. The summed E-state index contributed by atoms with van der Waals surface area (Å²) >= 11 is 0. The zero-order valence-electron chi connectivity index (χ0n) is 12.7. The Hall–Kier alpha value is -2.27. The highest BCUT2D eigenvalue weighted by Crippen LogP contribution is 2.31. The van der Waals surface area contributed by atoms with Crippen LogP contribution in [0.15, 0.2) is 48.9 Å². The summed E-state index contributed by atoms with van der Waals surface area (Å²) < 4.78 is 5.97. The quantitative estimate of drug-likeness (QED) is 0.854. The Kier molecular flexibility index (Phi) is 4.15. The average molecular weight is 297 g/mol. The molecule has 0 aliphatic carbocycles. The lowest BCUT2D eigenvalue weighted by atomic mass is 9.98. The molecule has 5 heteroatoms. The van der Waals surface area contributed by atoms with Crippen LogP contribution in [0.1, 0.15) is 36.0 Å². The summed E-state index contributed by atoms with van der Waals surface area (Å²) in [5.41, 5.74) is 1.45. The minimum absolute atomic E-state index is 0.00414. The molecule has 0 unspecified atom stereocenters. The highest BCUT2D eigenvalue weighted by molar-refractivity contribution is 5.92. The van der Waals surface area contributed by atoms with Gasteiger partial charge in [-0.3, -0.25) is 9.78 Å². The fourth-order valence-electron chi connectivity index (χ4n) is 2.95. The van der Waals surface area contributed by atoms with Gasteiger partial charge in [0.1, 0.15) is 11.8 Å². The maximum Gasteiger partial charge on any atom is 0.274 e. The van der Waals surface area contributed by atoms with Crippen molar-refractivity contribution in [2.24, 2.45) is 0 Å². The molecular formula is C17H19N3O2. The van der Waals surface area contributed by atoms with Gasteiger partial charge in [-0.25, -0.2) is 4.98 Å². The van der Waals surface area contributed by atoms with Gasteiger partial charge in [0.15, 0.2) is 0 Å². The van der Waals surface area contributed by atoms with E-state index in [0.717, 1.165) is 5.56 Å². The summed E-state index contributed by atoms with van der Waals surface area (Å²) in [5.74, 6) is -0.0997. The molecule has 1 saturated heterocycles. The van der Waals surface area contributed by atoms with Gasteiger partial charge in [-0.05, 0) is 19.4 Å². The van der Waals surface area contributed by atoms with E-state index in [2.05, 4.69) is 9.97 Å². The van der Waals surface area contributed by atoms with Crippen LogP contribution in [-0.2, 0) is 4.74 Å². The summed E-state index contributed by atoms with van der Waals surface area (Å²) in [4.78, 5) is 22.7. The van der Waals surface area contributed by atoms with Gasteiger partial charge in [-0.2, -0.15) is 0 Å². The van der Waals surface area contributed by atoms with Crippen molar-refractivity contribution in [3.8, 4) is 0 Å². The van der Waals surface area contributed by atoms with Gasteiger partial charge in [0.25, 0.3) is 5.91 Å². The predicted octanol–water partition coefficient (Wildman–Crippen LogP) is 2.47. The maximum atomic E-state index is 12.8. The number of carbonyl (C=O) groups excluding carboxylic acids is 1. The fourth-order valence-corrected chi connectivity index (χ4v) is 2.95. The molecule has 0 spiro atoms. The van der Waals surface area contributed by atoms with E-state index in [0.29, 0.717) is 12.3 Å². The Labute approximate surface area is 130 Å². The number of ether oxygens (including phenoxy) is 1. The third-order valence-electron chi connectivity index (χ3n) is 4.01. The number of benzene rings is 1. The molecule has 3 atom stereocenters. The third kappa shape index (κ3) is 2.72. The Morgan fingerprint density at radius 3 is 2.68 bits per heavy atom. The molecule has 5 nitrogen and oxygen atoms in total. The molecule has 0 radical (unpaired) electrons. The van der Waals surface area contributed by atoms with E-state index in [9.17, 15) is 4.79 Å². The molecule has 3 rings (SSSR count). The van der Waals surface area contributed by atoms with Gasteiger partial charge >= 0.3 is 0 Å². The first-order valence-corrected chi connectivity index (χ1v) is 7.43. The van der Waals surface area contributed by atoms with E-state index in [1.165, 1.54) is 12.4 Å². The summed E-state index contributed by atoms with van der Waals surface area (Å²) in [6, 6.07) is 9.94. The molecule has 1 aliphatic rings. The van der Waals surface area contributed by atoms with Crippen LogP contribution < -0.4 is 0 Å². The van der Waals surface area contributed by atoms with Crippen molar-refractivity contribution in [3.05, 3.63) is 60.2 Å². The van der Waals surface area contributed by atoms with Crippen molar-refractivity contribution >= 4 is 5.91 Å². The normalized spacial score (nSPS) is 25.0. The second-order valence-electron chi connectivity index (χ2n) is 5.56. The molecule has 0 N–H and O–H groups in total. The number of morpholine rings is 1. The molecule has 114 valence electrons. The standard InChI is InChI=1S/C17H19N3O2/c1-12-11-22-16(14-6-4-3-5-7-14)13(2)20(12)17(21)15-10-18-8-9-19-15/h3-10,12-13,16H,11H2,1-2H3/t12-,13-,16+/m1/s1. The molecule has 1 aliphatic heterocycles. The molecular weight excluding hydrogens is 278 g/mol. The lowest BCUT2D eigenvalue weighted by Crippen LogP contribution is -2.53. The number of carbonyl (C=O) groups is 1. The van der Waals surface area contributed by atoms with Crippen LogP contribution in [0.2, 0.25) is 0 Å². The Balaban J connectivity index is 1.88. The van der Waals surface area contributed by atoms with E-state index in [4.69, 9.17) is 4.74 Å². The highest BCUT2D eigenvalue weighted by atomic mass is 16.5. The van der Waals surface area contributed by atoms with Crippen LogP contribution >= 0.6 is 0 Å². The Morgan fingerprint density at radius 2 is 2.00 bits per heavy atom. The molecule has 1 fully saturated rings. The van der Waals surface area contributed by atoms with E-state index in [-0.39, 0.29) is 24.1 Å². The second kappa shape index (κ2) is 6.23. The molecule has 0 bridgehead atoms. The zero-order valence-corrected chi connectivity index (χ0v) is 12.7. The highest BCUT2D eigenvalue weighted by Gasteiger charge is 2.37. The van der Waals surface area contributed by atoms with Crippen molar-refractivity contribution in [1.29, 1.82) is 0 Å².